The molecule has 0 unspecified atom stereocenters. The third kappa shape index (κ3) is 7.61. The first-order chi connectivity index (χ1) is 28.6. The molecule has 298 valence electrons. The van der Waals surface area contributed by atoms with Crippen molar-refractivity contribution in [3.8, 4) is 11.1 Å². The molecule has 1 aromatic heterocycles. The molecule has 1 fully saturated rings. The molecular weight excluding hydrogens is 745 g/mol. The van der Waals surface area contributed by atoms with E-state index < -0.39 is 31.9 Å². The molecule has 1 aliphatic rings. The van der Waals surface area contributed by atoms with Crippen LogP contribution in [0.3, 0.4) is 0 Å². The highest BCUT2D eigenvalue weighted by molar-refractivity contribution is 6.99. The molecule has 8 rings (SSSR count). The van der Waals surface area contributed by atoms with Gasteiger partial charge in [0, 0.05) is 24.8 Å². The van der Waals surface area contributed by atoms with Crippen LogP contribution in [0.15, 0.2) is 187 Å². The highest BCUT2D eigenvalue weighted by Crippen LogP contribution is 2.45. The lowest BCUT2D eigenvalue weighted by Crippen LogP contribution is -2.67. The highest BCUT2D eigenvalue weighted by Gasteiger charge is 2.52. The Morgan fingerprint density at radius 3 is 1.59 bits per heavy atom. The van der Waals surface area contributed by atoms with E-state index in [9.17, 15) is 4.79 Å². The molecular formula is C51H52N4O3Si. The Morgan fingerprint density at radius 1 is 0.678 bits per heavy atom. The molecule has 7 nitrogen and oxygen atoms in total. The van der Waals surface area contributed by atoms with Gasteiger partial charge in [-0.1, -0.05) is 202 Å². The summed E-state index contributed by atoms with van der Waals surface area (Å²) in [5, 5.41) is 2.14. The predicted octanol–water partition coefficient (Wildman–Crippen LogP) is 8.57. The van der Waals surface area contributed by atoms with Crippen molar-refractivity contribution in [2.45, 2.75) is 50.6 Å². The number of hydrogen-bond donors (Lipinski definition) is 1. The Labute approximate surface area is 348 Å². The number of aromatic nitrogens is 2. The fourth-order valence-corrected chi connectivity index (χ4v) is 13.6. The van der Waals surface area contributed by atoms with Gasteiger partial charge in [-0.15, -0.1) is 0 Å². The number of rotatable bonds is 11. The molecule has 1 saturated heterocycles. The number of ether oxygens (including phenoxy) is 1. The van der Waals surface area contributed by atoms with Gasteiger partial charge in [-0.2, -0.15) is 4.98 Å². The van der Waals surface area contributed by atoms with Gasteiger partial charge in [0.15, 0.2) is 6.23 Å². The Balaban J connectivity index is 1.31. The van der Waals surface area contributed by atoms with Crippen LogP contribution in [0.5, 0.6) is 0 Å². The van der Waals surface area contributed by atoms with Gasteiger partial charge in [-0.05, 0) is 44.6 Å². The number of morpholine rings is 1. The van der Waals surface area contributed by atoms with Crippen molar-refractivity contribution >= 4 is 24.5 Å². The van der Waals surface area contributed by atoms with Crippen molar-refractivity contribution < 1.29 is 9.16 Å². The second kappa shape index (κ2) is 16.8. The largest absolute Gasteiger partial charge is 0.405 e. The van der Waals surface area contributed by atoms with Gasteiger partial charge in [-0.25, -0.2) is 4.79 Å². The number of nitrogens with zero attached hydrogens (tertiary/aromatic N) is 3. The maximum atomic E-state index is 14.1. The number of anilines is 1. The number of nitrogen functional groups attached to an aromatic ring is 1. The number of hydrogen-bond acceptors (Lipinski definition) is 6. The van der Waals surface area contributed by atoms with Crippen LogP contribution in [0, 0.1) is 6.92 Å². The molecule has 0 spiro atoms. The zero-order valence-corrected chi connectivity index (χ0v) is 35.2. The Kier molecular flexibility index (Phi) is 11.3. The lowest BCUT2D eigenvalue weighted by Gasteiger charge is -2.51. The molecule has 8 heteroatoms. The minimum absolute atomic E-state index is 0.182. The van der Waals surface area contributed by atoms with E-state index in [-0.39, 0.29) is 17.5 Å². The molecule has 7 aromatic rings. The summed E-state index contributed by atoms with van der Waals surface area (Å²) >= 11 is 0. The Morgan fingerprint density at radius 2 is 1.14 bits per heavy atom. The number of nitrogens with two attached hydrogens (primary N) is 1. The van der Waals surface area contributed by atoms with E-state index in [1.54, 1.807) is 4.57 Å². The topological polar surface area (TPSA) is 82.6 Å². The summed E-state index contributed by atoms with van der Waals surface area (Å²) < 4.78 is 16.4. The van der Waals surface area contributed by atoms with E-state index in [1.807, 2.05) is 37.4 Å². The second-order valence-electron chi connectivity index (χ2n) is 16.5. The third-order valence-electron chi connectivity index (χ3n) is 11.8. The van der Waals surface area contributed by atoms with Crippen molar-refractivity contribution in [3.05, 3.63) is 215 Å². The van der Waals surface area contributed by atoms with Gasteiger partial charge in [0.1, 0.15) is 5.82 Å². The number of aryl methyl sites for hydroxylation is 1. The van der Waals surface area contributed by atoms with Gasteiger partial charge >= 0.3 is 5.69 Å². The molecule has 0 saturated carbocycles. The van der Waals surface area contributed by atoms with Crippen LogP contribution in [-0.2, 0) is 14.7 Å². The SMILES string of the molecule is Cc1ccc(-c2cn([C@H]3CN(C(c4ccccc4)(c4ccccc4)c4ccccc4)C[C@@H](CO[Si](c4ccccc4)(c4ccccc4)C(C)(C)C)O3)c(=O)nc2N)cc1. The van der Waals surface area contributed by atoms with Crippen molar-refractivity contribution in [1.82, 2.24) is 14.5 Å². The van der Waals surface area contributed by atoms with Crippen molar-refractivity contribution in [3.63, 3.8) is 0 Å². The quantitative estimate of drug-likeness (QED) is 0.104. The molecule has 2 heterocycles. The summed E-state index contributed by atoms with van der Waals surface area (Å²) in [4.78, 5) is 21.0. The van der Waals surface area contributed by atoms with E-state index in [0.29, 0.717) is 18.7 Å². The molecule has 0 amide bonds. The highest BCUT2D eigenvalue weighted by atomic mass is 28.4. The van der Waals surface area contributed by atoms with E-state index in [1.165, 1.54) is 10.4 Å². The second-order valence-corrected chi connectivity index (χ2v) is 20.8. The Hall–Kier alpha value is -5.90. The average molecular weight is 797 g/mol. The molecule has 2 atom stereocenters. The summed E-state index contributed by atoms with van der Waals surface area (Å²) in [6, 6.07) is 61.4. The lowest BCUT2D eigenvalue weighted by molar-refractivity contribution is -0.149. The third-order valence-corrected chi connectivity index (χ3v) is 16.8. The van der Waals surface area contributed by atoms with Crippen molar-refractivity contribution in [1.29, 1.82) is 0 Å². The van der Waals surface area contributed by atoms with Crippen molar-refractivity contribution in [2.24, 2.45) is 0 Å². The monoisotopic (exact) mass is 796 g/mol. The van der Waals surface area contributed by atoms with E-state index in [4.69, 9.17) is 14.9 Å². The van der Waals surface area contributed by atoms with E-state index in [0.717, 1.165) is 27.8 Å². The normalized spacial score (nSPS) is 16.5. The molecule has 59 heavy (non-hydrogen) atoms. The van der Waals surface area contributed by atoms with Gasteiger partial charge in [0.05, 0.1) is 18.2 Å². The Bertz CT molecular complexity index is 2380. The first-order valence-electron chi connectivity index (χ1n) is 20.4. The molecule has 0 aliphatic carbocycles. The summed E-state index contributed by atoms with van der Waals surface area (Å²) in [7, 11) is -2.97. The zero-order valence-electron chi connectivity index (χ0n) is 34.2. The van der Waals surface area contributed by atoms with Gasteiger partial charge < -0.3 is 14.9 Å². The minimum Gasteiger partial charge on any atom is -0.405 e. The van der Waals surface area contributed by atoms with E-state index >= 15 is 0 Å². The van der Waals surface area contributed by atoms with Gasteiger partial charge in [0.25, 0.3) is 8.32 Å². The summed E-state index contributed by atoms with van der Waals surface area (Å²) in [5.74, 6) is 0.182. The van der Waals surface area contributed by atoms with Gasteiger partial charge in [-0.3, -0.25) is 9.47 Å². The number of benzene rings is 6. The predicted molar refractivity (Wildman–Crippen MR) is 241 cm³/mol. The zero-order chi connectivity index (χ0) is 41.0. The molecule has 0 bridgehead atoms. The van der Waals surface area contributed by atoms with Crippen LogP contribution in [0.1, 0.15) is 49.3 Å². The fourth-order valence-electron chi connectivity index (χ4n) is 9.05. The molecule has 0 radical (unpaired) electrons. The van der Waals surface area contributed by atoms with Gasteiger partial charge in [0.2, 0.25) is 0 Å². The maximum absolute atomic E-state index is 14.1. The van der Waals surface area contributed by atoms with Crippen LogP contribution >= 0.6 is 0 Å². The molecule has 1 aliphatic heterocycles. The summed E-state index contributed by atoms with van der Waals surface area (Å²) in [6.45, 7) is 10.1. The standard InChI is InChI=1S/C51H52N4O3Si/c1-38-30-32-39(33-31-38)46-35-55(49(56)53-48(46)52)47-36-54(51(40-20-10-5-11-21-40,41-22-12-6-13-23-41)42-24-14-7-15-25-42)34-43(58-47)37-57-59(50(2,3)4,44-26-16-8-17-27-44)45-28-18-9-19-29-45/h5-33,35,43,47H,34,36-37H2,1-4H3,(H2,52,53,56)/t43-,47+/m0/s1. The van der Waals surface area contributed by atoms with Crippen LogP contribution < -0.4 is 21.8 Å². The minimum atomic E-state index is -2.97. The lowest BCUT2D eigenvalue weighted by atomic mass is 9.75. The fraction of sp³-hybridized carbons (Fsp3) is 0.216. The first-order valence-corrected chi connectivity index (χ1v) is 22.3. The molecule has 6 aromatic carbocycles. The average Bonchev–Trinajstić information content (AvgIpc) is 3.26. The smallest absolute Gasteiger partial charge is 0.351 e. The maximum Gasteiger partial charge on any atom is 0.351 e. The van der Waals surface area contributed by atoms with Crippen LogP contribution in [0.4, 0.5) is 5.82 Å². The first kappa shape index (κ1) is 39.9. The summed E-state index contributed by atoms with van der Waals surface area (Å²) in [6.07, 6.45) is 0.619. The van der Waals surface area contributed by atoms with Crippen molar-refractivity contribution in [2.75, 3.05) is 25.4 Å². The van der Waals surface area contributed by atoms with Crippen LogP contribution in [0.25, 0.3) is 11.1 Å². The summed E-state index contributed by atoms with van der Waals surface area (Å²) in [5.41, 5.74) is 11.2. The van der Waals surface area contributed by atoms with Crippen LogP contribution in [-0.4, -0.2) is 48.6 Å². The molecule has 2 N–H and O–H groups in total. The van der Waals surface area contributed by atoms with E-state index in [2.05, 4.69) is 182 Å². The van der Waals surface area contributed by atoms with Crippen LogP contribution in [0.2, 0.25) is 5.04 Å².